The van der Waals surface area contributed by atoms with Gasteiger partial charge in [-0.15, -0.1) is 0 Å². The first-order chi connectivity index (χ1) is 9.63. The molecule has 0 heterocycles. The van der Waals surface area contributed by atoms with Crippen LogP contribution in [0.1, 0.15) is 18.4 Å². The third kappa shape index (κ3) is 6.19. The summed E-state index contributed by atoms with van der Waals surface area (Å²) in [7, 11) is 1.29. The second-order valence-electron chi connectivity index (χ2n) is 4.26. The molecule has 0 saturated heterocycles. The van der Waals surface area contributed by atoms with Crippen molar-refractivity contribution in [3.8, 4) is 0 Å². The predicted molar refractivity (Wildman–Crippen MR) is 73.9 cm³/mol. The molecule has 1 atom stereocenters. The molecule has 1 unspecified atom stereocenters. The summed E-state index contributed by atoms with van der Waals surface area (Å²) in [5.41, 5.74) is 6.49. The van der Waals surface area contributed by atoms with Gasteiger partial charge in [-0.25, -0.2) is 4.79 Å². The lowest BCUT2D eigenvalue weighted by Crippen LogP contribution is -2.33. The van der Waals surface area contributed by atoms with E-state index in [4.69, 9.17) is 10.5 Å². The molecule has 0 radical (unpaired) electrons. The molecule has 0 fully saturated rings. The Hall–Kier alpha value is -2.08. The number of nitrogens with one attached hydrogen (secondary N) is 1. The first-order valence-electron chi connectivity index (χ1n) is 6.41. The monoisotopic (exact) mass is 280 g/mol. The summed E-state index contributed by atoms with van der Waals surface area (Å²) in [6.07, 6.45) is 0.544. The van der Waals surface area contributed by atoms with Gasteiger partial charge >= 0.3 is 12.1 Å². The fourth-order valence-electron chi connectivity index (χ4n) is 1.56. The minimum Gasteiger partial charge on any atom is -0.468 e. The molecule has 0 aliphatic heterocycles. The van der Waals surface area contributed by atoms with E-state index in [0.29, 0.717) is 19.4 Å². The fourth-order valence-corrected chi connectivity index (χ4v) is 1.56. The molecule has 0 aromatic heterocycles. The lowest BCUT2D eigenvalue weighted by molar-refractivity contribution is -0.142. The average Bonchev–Trinajstić information content (AvgIpc) is 2.49. The maximum atomic E-state index is 11.4. The third-order valence-corrected chi connectivity index (χ3v) is 2.68. The van der Waals surface area contributed by atoms with Crippen molar-refractivity contribution in [2.75, 3.05) is 13.7 Å². The number of carbonyl (C=O) groups excluding carboxylic acids is 2. The summed E-state index contributed by atoms with van der Waals surface area (Å²) in [6.45, 7) is 0.632. The Balaban J connectivity index is 2.10. The van der Waals surface area contributed by atoms with Crippen LogP contribution in [0, 0.1) is 0 Å². The number of methoxy groups -OCH3 is 1. The minimum atomic E-state index is -0.651. The van der Waals surface area contributed by atoms with Crippen LogP contribution >= 0.6 is 0 Å². The lowest BCUT2D eigenvalue weighted by Gasteiger charge is -2.10. The second kappa shape index (κ2) is 8.92. The number of ether oxygens (including phenoxy) is 2. The fraction of sp³-hybridized carbons (Fsp3) is 0.429. The highest BCUT2D eigenvalue weighted by Crippen LogP contribution is 2.00. The van der Waals surface area contributed by atoms with Gasteiger partial charge in [0, 0.05) is 6.54 Å². The van der Waals surface area contributed by atoms with E-state index in [-0.39, 0.29) is 6.61 Å². The molecule has 1 amide bonds. The van der Waals surface area contributed by atoms with Gasteiger partial charge in [-0.2, -0.15) is 0 Å². The van der Waals surface area contributed by atoms with E-state index >= 15 is 0 Å². The van der Waals surface area contributed by atoms with Gasteiger partial charge in [0.2, 0.25) is 0 Å². The molecular weight excluding hydrogens is 260 g/mol. The van der Waals surface area contributed by atoms with Gasteiger partial charge < -0.3 is 20.5 Å². The number of benzene rings is 1. The molecule has 0 spiro atoms. The smallest absolute Gasteiger partial charge is 0.407 e. The highest BCUT2D eigenvalue weighted by atomic mass is 16.5. The standard InChI is InChI=1S/C14H20N2O4/c1-19-13(17)12(15)8-5-9-16-14(18)20-10-11-6-3-2-4-7-11/h2-4,6-7,12H,5,8-10,15H2,1H3,(H,16,18). The highest BCUT2D eigenvalue weighted by molar-refractivity contribution is 5.75. The summed E-state index contributed by atoms with van der Waals surface area (Å²) in [4.78, 5) is 22.4. The Kier molecular flexibility index (Phi) is 7.13. The first-order valence-corrected chi connectivity index (χ1v) is 6.41. The first kappa shape index (κ1) is 16.0. The summed E-state index contributed by atoms with van der Waals surface area (Å²) in [5.74, 6) is -0.448. The predicted octanol–water partition coefficient (Wildman–Crippen LogP) is 1.19. The molecule has 1 aromatic rings. The highest BCUT2D eigenvalue weighted by Gasteiger charge is 2.12. The number of amides is 1. The van der Waals surface area contributed by atoms with E-state index < -0.39 is 18.1 Å². The molecule has 6 heteroatoms. The van der Waals surface area contributed by atoms with Gasteiger partial charge in [-0.3, -0.25) is 4.79 Å². The SMILES string of the molecule is COC(=O)C(N)CCCNC(=O)OCc1ccccc1. The van der Waals surface area contributed by atoms with Crippen molar-refractivity contribution >= 4 is 12.1 Å². The maximum absolute atomic E-state index is 11.4. The van der Waals surface area contributed by atoms with E-state index in [9.17, 15) is 9.59 Å². The third-order valence-electron chi connectivity index (χ3n) is 2.68. The van der Waals surface area contributed by atoms with Gasteiger partial charge in [0.05, 0.1) is 7.11 Å². The summed E-state index contributed by atoms with van der Waals surface area (Å²) >= 11 is 0. The Morgan fingerprint density at radius 3 is 2.65 bits per heavy atom. The molecular formula is C14H20N2O4. The molecule has 0 aliphatic carbocycles. The van der Waals surface area contributed by atoms with Crippen molar-refractivity contribution in [2.24, 2.45) is 5.73 Å². The van der Waals surface area contributed by atoms with E-state index in [2.05, 4.69) is 10.1 Å². The van der Waals surface area contributed by atoms with Crippen molar-refractivity contribution in [1.82, 2.24) is 5.32 Å². The van der Waals surface area contributed by atoms with Gasteiger partial charge in [-0.1, -0.05) is 30.3 Å². The number of carbonyl (C=O) groups is 2. The molecule has 0 saturated carbocycles. The zero-order valence-corrected chi connectivity index (χ0v) is 11.5. The van der Waals surface area contributed by atoms with Crippen molar-refractivity contribution in [3.63, 3.8) is 0 Å². The van der Waals surface area contributed by atoms with E-state index in [1.165, 1.54) is 7.11 Å². The van der Waals surface area contributed by atoms with Crippen molar-refractivity contribution < 1.29 is 19.1 Å². The van der Waals surface area contributed by atoms with Crippen molar-refractivity contribution in [1.29, 1.82) is 0 Å². The Morgan fingerprint density at radius 1 is 1.30 bits per heavy atom. The van der Waals surface area contributed by atoms with Crippen LogP contribution < -0.4 is 11.1 Å². The number of rotatable bonds is 7. The summed E-state index contributed by atoms with van der Waals surface area (Å²) in [6, 6.07) is 8.76. The van der Waals surface area contributed by atoms with Crippen LogP contribution in [0.5, 0.6) is 0 Å². The summed E-state index contributed by atoms with van der Waals surface area (Å²) < 4.78 is 9.53. The zero-order chi connectivity index (χ0) is 14.8. The maximum Gasteiger partial charge on any atom is 0.407 e. The molecule has 1 aromatic carbocycles. The van der Waals surface area contributed by atoms with Crippen LogP contribution in [-0.4, -0.2) is 31.8 Å². The number of esters is 1. The van der Waals surface area contributed by atoms with Gasteiger partial charge in [-0.05, 0) is 18.4 Å². The topological polar surface area (TPSA) is 90.6 Å². The average molecular weight is 280 g/mol. The van der Waals surface area contributed by atoms with Crippen LogP contribution in [0.25, 0.3) is 0 Å². The van der Waals surface area contributed by atoms with Crippen LogP contribution in [0.4, 0.5) is 4.79 Å². The minimum absolute atomic E-state index is 0.231. The number of nitrogens with two attached hydrogens (primary N) is 1. The molecule has 3 N–H and O–H groups in total. The Morgan fingerprint density at radius 2 is 2.00 bits per heavy atom. The number of hydrogen-bond donors (Lipinski definition) is 2. The molecule has 6 nitrogen and oxygen atoms in total. The normalized spacial score (nSPS) is 11.5. The second-order valence-corrected chi connectivity index (χ2v) is 4.26. The molecule has 20 heavy (non-hydrogen) atoms. The van der Waals surface area contributed by atoms with Crippen molar-refractivity contribution in [3.05, 3.63) is 35.9 Å². The van der Waals surface area contributed by atoms with Gasteiger partial charge in [0.15, 0.2) is 0 Å². The van der Waals surface area contributed by atoms with Crippen LogP contribution in [0.15, 0.2) is 30.3 Å². The van der Waals surface area contributed by atoms with Crippen LogP contribution in [-0.2, 0) is 20.9 Å². The number of alkyl carbamates (subject to hydrolysis) is 1. The Labute approximate surface area is 118 Å². The molecule has 0 bridgehead atoms. The summed E-state index contributed by atoms with van der Waals surface area (Å²) in [5, 5.41) is 2.60. The zero-order valence-electron chi connectivity index (χ0n) is 11.5. The molecule has 0 aliphatic rings. The Bertz CT molecular complexity index is 422. The van der Waals surface area contributed by atoms with Crippen molar-refractivity contribution in [2.45, 2.75) is 25.5 Å². The van der Waals surface area contributed by atoms with E-state index in [1.807, 2.05) is 30.3 Å². The van der Waals surface area contributed by atoms with E-state index in [1.54, 1.807) is 0 Å². The molecule has 110 valence electrons. The number of hydrogen-bond acceptors (Lipinski definition) is 5. The van der Waals surface area contributed by atoms with Gasteiger partial charge in [0.25, 0.3) is 0 Å². The van der Waals surface area contributed by atoms with Gasteiger partial charge in [0.1, 0.15) is 12.6 Å². The van der Waals surface area contributed by atoms with Crippen LogP contribution in [0.3, 0.4) is 0 Å². The van der Waals surface area contributed by atoms with Crippen LogP contribution in [0.2, 0.25) is 0 Å². The van der Waals surface area contributed by atoms with E-state index in [0.717, 1.165) is 5.56 Å². The quantitative estimate of drug-likeness (QED) is 0.578. The largest absolute Gasteiger partial charge is 0.468 e. The molecule has 1 rings (SSSR count). The lowest BCUT2D eigenvalue weighted by atomic mass is 10.2.